The summed E-state index contributed by atoms with van der Waals surface area (Å²) in [6.07, 6.45) is 0.0663. The van der Waals surface area contributed by atoms with E-state index in [9.17, 15) is 9.59 Å². The van der Waals surface area contributed by atoms with Crippen molar-refractivity contribution in [3.8, 4) is 0 Å². The van der Waals surface area contributed by atoms with Crippen LogP contribution < -0.4 is 11.1 Å². The van der Waals surface area contributed by atoms with Gasteiger partial charge in [-0.15, -0.1) is 0 Å². The minimum atomic E-state index is -0.920. The summed E-state index contributed by atoms with van der Waals surface area (Å²) < 4.78 is 0. The molecule has 0 radical (unpaired) electrons. The zero-order valence-electron chi connectivity index (χ0n) is 11.9. The van der Waals surface area contributed by atoms with Gasteiger partial charge in [0.2, 0.25) is 5.91 Å². The summed E-state index contributed by atoms with van der Waals surface area (Å²) in [4.78, 5) is 22.7. The van der Waals surface area contributed by atoms with E-state index in [1.165, 1.54) is 0 Å². The molecule has 1 aromatic carbocycles. The lowest BCUT2D eigenvalue weighted by Crippen LogP contribution is -2.41. The topological polar surface area (TPSA) is 92.4 Å². The van der Waals surface area contributed by atoms with Crippen molar-refractivity contribution in [3.63, 3.8) is 0 Å². The van der Waals surface area contributed by atoms with Crippen molar-refractivity contribution in [3.05, 3.63) is 35.9 Å². The number of aliphatic carboxylic acids is 1. The lowest BCUT2D eigenvalue weighted by molar-refractivity contribution is -0.138. The molecule has 0 bridgehead atoms. The van der Waals surface area contributed by atoms with Gasteiger partial charge in [-0.05, 0) is 11.5 Å². The van der Waals surface area contributed by atoms with Gasteiger partial charge in [-0.2, -0.15) is 0 Å². The second kappa shape index (κ2) is 7.65. The van der Waals surface area contributed by atoms with Crippen LogP contribution in [0.5, 0.6) is 0 Å². The number of hydrogen-bond acceptors (Lipinski definition) is 3. The molecule has 0 fully saturated rings. The van der Waals surface area contributed by atoms with Crippen LogP contribution in [-0.4, -0.2) is 23.0 Å². The minimum absolute atomic E-state index is 0.0583. The van der Waals surface area contributed by atoms with Crippen LogP contribution in [0.2, 0.25) is 0 Å². The Balaban J connectivity index is 2.55. The van der Waals surface area contributed by atoms with E-state index in [2.05, 4.69) is 5.32 Å². The van der Waals surface area contributed by atoms with Crippen molar-refractivity contribution in [2.45, 2.75) is 38.8 Å². The van der Waals surface area contributed by atoms with Gasteiger partial charge in [-0.25, -0.2) is 0 Å². The first-order chi connectivity index (χ1) is 9.40. The number of carboxylic acids is 1. The lowest BCUT2D eigenvalue weighted by Gasteiger charge is -2.21. The van der Waals surface area contributed by atoms with Gasteiger partial charge >= 0.3 is 5.97 Å². The Hall–Kier alpha value is -1.88. The van der Waals surface area contributed by atoms with E-state index in [1.54, 1.807) is 0 Å². The molecule has 1 aromatic rings. The van der Waals surface area contributed by atoms with Gasteiger partial charge in [0.25, 0.3) is 0 Å². The molecule has 0 heterocycles. The van der Waals surface area contributed by atoms with Crippen LogP contribution in [0, 0.1) is 5.92 Å². The summed E-state index contributed by atoms with van der Waals surface area (Å²) in [5, 5.41) is 11.6. The fraction of sp³-hybridized carbons (Fsp3) is 0.467. The van der Waals surface area contributed by atoms with Gasteiger partial charge in [0.1, 0.15) is 0 Å². The molecule has 0 aliphatic heterocycles. The molecular formula is C15H22N2O3. The van der Waals surface area contributed by atoms with E-state index in [0.717, 1.165) is 5.56 Å². The number of amides is 1. The van der Waals surface area contributed by atoms with Gasteiger partial charge in [-0.3, -0.25) is 9.59 Å². The van der Waals surface area contributed by atoms with Crippen molar-refractivity contribution in [2.75, 3.05) is 0 Å². The van der Waals surface area contributed by atoms with Crippen LogP contribution in [0.25, 0.3) is 0 Å². The summed E-state index contributed by atoms with van der Waals surface area (Å²) in [5.41, 5.74) is 6.86. The Morgan fingerprint density at radius 1 is 1.20 bits per heavy atom. The summed E-state index contributed by atoms with van der Waals surface area (Å²) in [7, 11) is 0. The average molecular weight is 278 g/mol. The van der Waals surface area contributed by atoms with Crippen LogP contribution in [0.3, 0.4) is 0 Å². The highest BCUT2D eigenvalue weighted by Crippen LogP contribution is 2.14. The largest absolute Gasteiger partial charge is 0.481 e. The van der Waals surface area contributed by atoms with Gasteiger partial charge in [0, 0.05) is 18.5 Å². The fourth-order valence-electron chi connectivity index (χ4n) is 1.93. The number of carboxylic acid groups (broad SMARTS) is 1. The molecule has 0 saturated heterocycles. The van der Waals surface area contributed by atoms with Crippen LogP contribution in [-0.2, 0) is 9.59 Å². The average Bonchev–Trinajstić information content (AvgIpc) is 2.38. The first-order valence-electron chi connectivity index (χ1n) is 6.71. The highest BCUT2D eigenvalue weighted by molar-refractivity contribution is 5.78. The predicted octanol–water partition coefficient (Wildman–Crippen LogP) is 1.69. The van der Waals surface area contributed by atoms with E-state index < -0.39 is 5.97 Å². The second-order valence-electron chi connectivity index (χ2n) is 5.24. The Labute approximate surface area is 119 Å². The molecule has 0 spiro atoms. The summed E-state index contributed by atoms with van der Waals surface area (Å²) >= 11 is 0. The smallest absolute Gasteiger partial charge is 0.305 e. The molecule has 0 aromatic heterocycles. The molecule has 2 unspecified atom stereocenters. The van der Waals surface area contributed by atoms with Gasteiger partial charge < -0.3 is 16.2 Å². The van der Waals surface area contributed by atoms with Crippen molar-refractivity contribution in [1.29, 1.82) is 0 Å². The minimum Gasteiger partial charge on any atom is -0.481 e. The molecular weight excluding hydrogens is 256 g/mol. The molecule has 0 saturated carbocycles. The normalized spacial score (nSPS) is 13.8. The SMILES string of the molecule is CC(C)C(CC(=O)O)NC(=O)CC(N)c1ccccc1. The van der Waals surface area contributed by atoms with Gasteiger partial charge in [0.15, 0.2) is 0 Å². The monoisotopic (exact) mass is 278 g/mol. The maximum Gasteiger partial charge on any atom is 0.305 e. The first kappa shape index (κ1) is 16.2. The molecule has 110 valence electrons. The number of carbonyl (C=O) groups is 2. The number of nitrogens with two attached hydrogens (primary N) is 1. The molecule has 2 atom stereocenters. The van der Waals surface area contributed by atoms with Crippen LogP contribution in [0.4, 0.5) is 0 Å². The van der Waals surface area contributed by atoms with Crippen molar-refractivity contribution < 1.29 is 14.7 Å². The molecule has 5 nitrogen and oxygen atoms in total. The third kappa shape index (κ3) is 5.40. The highest BCUT2D eigenvalue weighted by Gasteiger charge is 2.20. The van der Waals surface area contributed by atoms with Crippen LogP contribution >= 0.6 is 0 Å². The van der Waals surface area contributed by atoms with Crippen molar-refractivity contribution in [2.24, 2.45) is 11.7 Å². The van der Waals surface area contributed by atoms with Gasteiger partial charge in [-0.1, -0.05) is 44.2 Å². The van der Waals surface area contributed by atoms with Crippen molar-refractivity contribution >= 4 is 11.9 Å². The number of rotatable bonds is 7. The summed E-state index contributed by atoms with van der Waals surface area (Å²) in [5.74, 6) is -1.08. The third-order valence-electron chi connectivity index (χ3n) is 3.18. The van der Waals surface area contributed by atoms with E-state index in [0.29, 0.717) is 0 Å². The zero-order chi connectivity index (χ0) is 15.1. The summed E-state index contributed by atoms with van der Waals surface area (Å²) in [6, 6.07) is 8.61. The first-order valence-corrected chi connectivity index (χ1v) is 6.71. The van der Waals surface area contributed by atoms with E-state index in [4.69, 9.17) is 10.8 Å². The Morgan fingerprint density at radius 2 is 1.80 bits per heavy atom. The standard InChI is InChI=1S/C15H22N2O3/c1-10(2)13(9-15(19)20)17-14(18)8-12(16)11-6-4-3-5-7-11/h3-7,10,12-13H,8-9,16H2,1-2H3,(H,17,18)(H,19,20). The van der Waals surface area contributed by atoms with E-state index in [1.807, 2.05) is 44.2 Å². The lowest BCUT2D eigenvalue weighted by atomic mass is 9.99. The van der Waals surface area contributed by atoms with E-state index in [-0.39, 0.29) is 36.8 Å². The molecule has 5 heteroatoms. The van der Waals surface area contributed by atoms with Crippen molar-refractivity contribution in [1.82, 2.24) is 5.32 Å². The Bertz CT molecular complexity index is 446. The number of benzene rings is 1. The molecule has 1 rings (SSSR count). The predicted molar refractivity (Wildman–Crippen MR) is 77.0 cm³/mol. The Kier molecular flexibility index (Phi) is 6.18. The maximum atomic E-state index is 11.9. The number of hydrogen-bond donors (Lipinski definition) is 3. The third-order valence-corrected chi connectivity index (χ3v) is 3.18. The fourth-order valence-corrected chi connectivity index (χ4v) is 1.93. The Morgan fingerprint density at radius 3 is 2.30 bits per heavy atom. The molecule has 1 amide bonds. The molecule has 20 heavy (non-hydrogen) atoms. The maximum absolute atomic E-state index is 11.9. The molecule has 0 aliphatic carbocycles. The van der Waals surface area contributed by atoms with E-state index >= 15 is 0 Å². The highest BCUT2D eigenvalue weighted by atomic mass is 16.4. The van der Waals surface area contributed by atoms with Crippen LogP contribution in [0.15, 0.2) is 30.3 Å². The molecule has 4 N–H and O–H groups in total. The second-order valence-corrected chi connectivity index (χ2v) is 5.24. The van der Waals surface area contributed by atoms with Crippen LogP contribution in [0.1, 0.15) is 38.3 Å². The summed E-state index contributed by atoms with van der Waals surface area (Å²) in [6.45, 7) is 3.76. The zero-order valence-corrected chi connectivity index (χ0v) is 11.9. The molecule has 0 aliphatic rings. The quantitative estimate of drug-likeness (QED) is 0.707. The number of carbonyl (C=O) groups excluding carboxylic acids is 1. The number of nitrogens with one attached hydrogen (secondary N) is 1. The van der Waals surface area contributed by atoms with Gasteiger partial charge in [0.05, 0.1) is 6.42 Å².